The molecule has 0 heterocycles. The first kappa shape index (κ1) is 13.8. The highest BCUT2D eigenvalue weighted by Gasteiger charge is 2.28. The Morgan fingerprint density at radius 3 is 2.19 bits per heavy atom. The van der Waals surface area contributed by atoms with Crippen molar-refractivity contribution < 1.29 is 17.2 Å². The third-order valence-electron chi connectivity index (χ3n) is 1.85. The second-order valence-electron chi connectivity index (χ2n) is 3.07. The highest BCUT2D eigenvalue weighted by Crippen LogP contribution is 2.51. The van der Waals surface area contributed by atoms with E-state index in [4.69, 9.17) is 28.3 Å². The Bertz CT molecular complexity index is 360. The van der Waals surface area contributed by atoms with Gasteiger partial charge in [0.15, 0.2) is 0 Å². The summed E-state index contributed by atoms with van der Waals surface area (Å²) in [6.07, 6.45) is 2.02. The molecule has 0 N–H and O–H groups in total. The first-order valence-electron chi connectivity index (χ1n) is 4.63. The van der Waals surface area contributed by atoms with Crippen molar-refractivity contribution in [2.24, 2.45) is 0 Å². The van der Waals surface area contributed by atoms with Gasteiger partial charge in [0.25, 0.3) is 0 Å². The van der Waals surface area contributed by atoms with Crippen molar-refractivity contribution in [2.75, 3.05) is 0 Å². The minimum absolute atomic E-state index is 0.310. The lowest BCUT2D eigenvalue weighted by molar-refractivity contribution is 0.318. The van der Waals surface area contributed by atoms with Crippen LogP contribution in [0, 0.1) is 0 Å². The summed E-state index contributed by atoms with van der Waals surface area (Å²) in [5.41, 5.74) is 1.16. The molecule has 0 aliphatic rings. The minimum atomic E-state index is -3.90. The largest absolute Gasteiger partial charge is 0.563 e. The smallest absolute Gasteiger partial charge is 0.402 e. The van der Waals surface area contributed by atoms with Crippen LogP contribution in [-0.2, 0) is 19.1 Å². The summed E-state index contributed by atoms with van der Waals surface area (Å²) in [7, 11) is -3.90. The molecule has 0 aliphatic heterocycles. The number of phosphoric acid groups is 1. The molecule has 0 bridgehead atoms. The van der Waals surface area contributed by atoms with E-state index < -0.39 is 7.82 Å². The van der Waals surface area contributed by atoms with Gasteiger partial charge < -0.3 is 4.52 Å². The SMILES string of the molecule is CCCc1ccc(OP(=O)(OCl)OCl)cc1. The molecule has 0 saturated heterocycles. The highest BCUT2D eigenvalue weighted by atomic mass is 35.5. The van der Waals surface area contributed by atoms with Gasteiger partial charge >= 0.3 is 7.82 Å². The van der Waals surface area contributed by atoms with Gasteiger partial charge in [-0.1, -0.05) is 25.5 Å². The number of hydrogen-bond acceptors (Lipinski definition) is 4. The van der Waals surface area contributed by atoms with Crippen molar-refractivity contribution in [2.45, 2.75) is 19.8 Å². The standard InChI is InChI=1S/C9H11Cl2O4P/c1-2-3-8-4-6-9(7-5-8)13-16(12,14-10)15-11/h4-7H,2-3H2,1H3. The van der Waals surface area contributed by atoms with E-state index in [0.29, 0.717) is 5.75 Å². The molecule has 4 nitrogen and oxygen atoms in total. The fraction of sp³-hybridized carbons (Fsp3) is 0.333. The summed E-state index contributed by atoms with van der Waals surface area (Å²) in [5.74, 6) is 0.310. The average Bonchev–Trinajstić information content (AvgIpc) is 2.32. The Hall–Kier alpha value is -0.250. The Morgan fingerprint density at radius 1 is 1.19 bits per heavy atom. The summed E-state index contributed by atoms with van der Waals surface area (Å²) in [4.78, 5) is 0. The maximum atomic E-state index is 11.4. The van der Waals surface area contributed by atoms with Gasteiger partial charge in [-0.3, -0.25) is 0 Å². The van der Waals surface area contributed by atoms with E-state index in [0.717, 1.165) is 18.4 Å². The predicted molar refractivity (Wildman–Crippen MR) is 62.5 cm³/mol. The van der Waals surface area contributed by atoms with Crippen LogP contribution in [0.25, 0.3) is 0 Å². The zero-order valence-corrected chi connectivity index (χ0v) is 11.0. The van der Waals surface area contributed by atoms with Crippen molar-refractivity contribution >= 4 is 31.6 Å². The Labute approximate surface area is 104 Å². The molecule has 0 unspecified atom stereocenters. The van der Waals surface area contributed by atoms with Gasteiger partial charge in [-0.05, 0) is 24.1 Å². The second-order valence-corrected chi connectivity index (χ2v) is 5.25. The van der Waals surface area contributed by atoms with Crippen molar-refractivity contribution in [1.29, 1.82) is 0 Å². The molecule has 90 valence electrons. The van der Waals surface area contributed by atoms with E-state index in [1.54, 1.807) is 12.1 Å². The average molecular weight is 285 g/mol. The summed E-state index contributed by atoms with van der Waals surface area (Å²) < 4.78 is 24.3. The van der Waals surface area contributed by atoms with Crippen LogP contribution in [-0.4, -0.2) is 0 Å². The quantitative estimate of drug-likeness (QED) is 0.723. The van der Waals surface area contributed by atoms with Crippen LogP contribution in [0.1, 0.15) is 18.9 Å². The van der Waals surface area contributed by atoms with Gasteiger partial charge in [-0.25, -0.2) is 4.57 Å². The number of rotatable bonds is 6. The molecular formula is C9H11Cl2O4P. The van der Waals surface area contributed by atoms with Crippen molar-refractivity contribution in [3.63, 3.8) is 0 Å². The molecule has 1 aromatic carbocycles. The molecule has 0 aromatic heterocycles. The summed E-state index contributed by atoms with van der Waals surface area (Å²) in [5, 5.41) is 0. The number of hydrogen-bond donors (Lipinski definition) is 0. The van der Waals surface area contributed by atoms with E-state index in [-0.39, 0.29) is 0 Å². The molecule has 0 fully saturated rings. The Morgan fingerprint density at radius 2 is 1.75 bits per heavy atom. The maximum absolute atomic E-state index is 11.4. The van der Waals surface area contributed by atoms with Crippen LogP contribution in [0.4, 0.5) is 0 Å². The van der Waals surface area contributed by atoms with Crippen molar-refractivity contribution in [3.8, 4) is 5.75 Å². The zero-order chi connectivity index (χ0) is 12.0. The molecule has 7 heteroatoms. The Balaban J connectivity index is 2.71. The van der Waals surface area contributed by atoms with Crippen LogP contribution in [0.15, 0.2) is 24.3 Å². The number of benzene rings is 1. The molecule has 0 saturated carbocycles. The minimum Gasteiger partial charge on any atom is -0.402 e. The first-order chi connectivity index (χ1) is 7.63. The van der Waals surface area contributed by atoms with Crippen molar-refractivity contribution in [1.82, 2.24) is 0 Å². The van der Waals surface area contributed by atoms with Gasteiger partial charge in [-0.15, -0.1) is 0 Å². The molecule has 0 radical (unpaired) electrons. The molecule has 1 aromatic rings. The van der Waals surface area contributed by atoms with Crippen LogP contribution in [0.5, 0.6) is 5.75 Å². The van der Waals surface area contributed by atoms with E-state index in [2.05, 4.69) is 15.1 Å². The van der Waals surface area contributed by atoms with Gasteiger partial charge in [0.2, 0.25) is 0 Å². The number of halogens is 2. The van der Waals surface area contributed by atoms with Gasteiger partial charge in [0.05, 0.1) is 23.7 Å². The summed E-state index contributed by atoms with van der Waals surface area (Å²) in [6.45, 7) is 2.08. The lowest BCUT2D eigenvalue weighted by Crippen LogP contribution is -1.93. The van der Waals surface area contributed by atoms with Crippen LogP contribution in [0.3, 0.4) is 0 Å². The lowest BCUT2D eigenvalue weighted by atomic mass is 10.1. The summed E-state index contributed by atoms with van der Waals surface area (Å²) >= 11 is 9.88. The lowest BCUT2D eigenvalue weighted by Gasteiger charge is -2.10. The molecule has 1 rings (SSSR count). The molecular weight excluding hydrogens is 274 g/mol. The van der Waals surface area contributed by atoms with Gasteiger partial charge in [0.1, 0.15) is 5.75 Å². The van der Waals surface area contributed by atoms with Crippen LogP contribution in [0.2, 0.25) is 0 Å². The zero-order valence-electron chi connectivity index (χ0n) is 8.56. The van der Waals surface area contributed by atoms with Crippen molar-refractivity contribution in [3.05, 3.63) is 29.8 Å². The molecule has 0 atom stereocenters. The molecule has 0 aliphatic carbocycles. The predicted octanol–water partition coefficient (Wildman–Crippen LogP) is 4.47. The maximum Gasteiger partial charge on any atom is 0.563 e. The normalized spacial score (nSPS) is 11.4. The van der Waals surface area contributed by atoms with Crippen LogP contribution >= 0.6 is 31.6 Å². The second kappa shape index (κ2) is 6.48. The van der Waals surface area contributed by atoms with Gasteiger partial charge in [0, 0.05) is 0 Å². The van der Waals surface area contributed by atoms with E-state index >= 15 is 0 Å². The van der Waals surface area contributed by atoms with E-state index in [1.165, 1.54) is 0 Å². The monoisotopic (exact) mass is 284 g/mol. The molecule has 0 spiro atoms. The van der Waals surface area contributed by atoms with E-state index in [1.807, 2.05) is 12.1 Å². The van der Waals surface area contributed by atoms with Crippen LogP contribution < -0.4 is 4.52 Å². The number of aryl methyl sites for hydroxylation is 1. The topological polar surface area (TPSA) is 44.8 Å². The molecule has 0 amide bonds. The van der Waals surface area contributed by atoms with Gasteiger partial charge in [-0.2, -0.15) is 8.15 Å². The third-order valence-corrected chi connectivity index (χ3v) is 3.63. The Kier molecular flexibility index (Phi) is 5.59. The highest BCUT2D eigenvalue weighted by molar-refractivity contribution is 7.50. The summed E-state index contributed by atoms with van der Waals surface area (Å²) in [6, 6.07) is 6.99. The fourth-order valence-corrected chi connectivity index (χ4v) is 2.06. The third kappa shape index (κ3) is 3.96. The molecule has 16 heavy (non-hydrogen) atoms. The van der Waals surface area contributed by atoms with E-state index in [9.17, 15) is 4.57 Å². The fourth-order valence-electron chi connectivity index (χ4n) is 1.17. The first-order valence-corrected chi connectivity index (χ1v) is 6.70.